The van der Waals surface area contributed by atoms with Crippen LogP contribution in [0.15, 0.2) is 4.99 Å². The normalized spacial score (nSPS) is 15.5. The smallest absolute Gasteiger partial charge is 0.205 e. The van der Waals surface area contributed by atoms with Crippen LogP contribution >= 0.6 is 35.5 Å². The van der Waals surface area contributed by atoms with Crippen molar-refractivity contribution >= 4 is 46.6 Å². The van der Waals surface area contributed by atoms with Gasteiger partial charge < -0.3 is 15.1 Å². The van der Waals surface area contributed by atoms with E-state index in [2.05, 4.69) is 50.2 Å². The summed E-state index contributed by atoms with van der Waals surface area (Å²) < 4.78 is 4.39. The SMILES string of the molecule is CCc1nsc(N2CCN(C(=NC)NCCCCC(C)C)CC2)n1.I. The van der Waals surface area contributed by atoms with E-state index in [1.807, 2.05) is 7.05 Å². The van der Waals surface area contributed by atoms with Crippen molar-refractivity contribution in [2.24, 2.45) is 10.9 Å². The second-order valence-corrected chi connectivity index (χ2v) is 7.41. The Balaban J connectivity index is 0.00000312. The van der Waals surface area contributed by atoms with Crippen LogP contribution in [0.4, 0.5) is 5.13 Å². The quantitative estimate of drug-likeness (QED) is 0.281. The summed E-state index contributed by atoms with van der Waals surface area (Å²) in [5.74, 6) is 2.79. The Morgan fingerprint density at radius 2 is 1.96 bits per heavy atom. The first-order valence-corrected chi connectivity index (χ1v) is 9.94. The lowest BCUT2D eigenvalue weighted by Gasteiger charge is -2.36. The molecule has 0 amide bonds. The van der Waals surface area contributed by atoms with Gasteiger partial charge in [-0.25, -0.2) is 4.98 Å². The van der Waals surface area contributed by atoms with E-state index in [9.17, 15) is 0 Å². The van der Waals surface area contributed by atoms with Crippen molar-refractivity contribution in [1.82, 2.24) is 19.6 Å². The fraction of sp³-hybridized carbons (Fsp3) is 0.824. The van der Waals surface area contributed by atoms with Crippen LogP contribution in [0.3, 0.4) is 0 Å². The van der Waals surface area contributed by atoms with Gasteiger partial charge in [0.2, 0.25) is 5.13 Å². The molecule has 1 aromatic rings. The van der Waals surface area contributed by atoms with E-state index in [-0.39, 0.29) is 24.0 Å². The summed E-state index contributed by atoms with van der Waals surface area (Å²) in [6.07, 6.45) is 4.71. The number of nitrogens with one attached hydrogen (secondary N) is 1. The second kappa shape index (κ2) is 11.9. The Morgan fingerprint density at radius 1 is 1.24 bits per heavy atom. The molecule has 0 radical (unpaired) electrons. The predicted molar refractivity (Wildman–Crippen MR) is 119 cm³/mol. The van der Waals surface area contributed by atoms with Crippen molar-refractivity contribution in [1.29, 1.82) is 0 Å². The topological polar surface area (TPSA) is 56.7 Å². The Morgan fingerprint density at radius 3 is 2.52 bits per heavy atom. The third-order valence-corrected chi connectivity index (χ3v) is 5.14. The third kappa shape index (κ3) is 7.24. The van der Waals surface area contributed by atoms with Gasteiger partial charge >= 0.3 is 0 Å². The van der Waals surface area contributed by atoms with Gasteiger partial charge in [0.1, 0.15) is 5.82 Å². The van der Waals surface area contributed by atoms with Crippen molar-refractivity contribution in [3.8, 4) is 0 Å². The van der Waals surface area contributed by atoms with Crippen LogP contribution in [0.25, 0.3) is 0 Å². The average Bonchev–Trinajstić information content (AvgIpc) is 3.07. The molecule has 0 unspecified atom stereocenters. The lowest BCUT2D eigenvalue weighted by atomic mass is 10.1. The molecule has 6 nitrogen and oxygen atoms in total. The highest BCUT2D eigenvalue weighted by Crippen LogP contribution is 2.19. The van der Waals surface area contributed by atoms with Gasteiger partial charge in [-0.15, -0.1) is 24.0 Å². The Kier molecular flexibility index (Phi) is 10.6. The molecule has 0 bridgehead atoms. The maximum absolute atomic E-state index is 4.60. The number of aryl methyl sites for hydroxylation is 1. The van der Waals surface area contributed by atoms with Crippen LogP contribution < -0.4 is 10.2 Å². The van der Waals surface area contributed by atoms with Crippen LogP contribution in [-0.4, -0.2) is 60.0 Å². The van der Waals surface area contributed by atoms with Crippen molar-refractivity contribution < 1.29 is 0 Å². The zero-order chi connectivity index (χ0) is 17.4. The summed E-state index contributed by atoms with van der Waals surface area (Å²) in [4.78, 5) is 13.7. The number of anilines is 1. The second-order valence-electron chi connectivity index (χ2n) is 6.68. The number of unbranched alkanes of at least 4 members (excludes halogenated alkanes) is 1. The monoisotopic (exact) mass is 480 g/mol. The first-order chi connectivity index (χ1) is 11.6. The number of piperazine rings is 1. The van der Waals surface area contributed by atoms with Crippen LogP contribution in [0, 0.1) is 5.92 Å². The largest absolute Gasteiger partial charge is 0.356 e. The number of guanidine groups is 1. The summed E-state index contributed by atoms with van der Waals surface area (Å²) in [6, 6.07) is 0. The molecular formula is C17H33IN6S. The summed E-state index contributed by atoms with van der Waals surface area (Å²) in [6.45, 7) is 11.6. The van der Waals surface area contributed by atoms with Gasteiger partial charge in [-0.05, 0) is 12.3 Å². The highest BCUT2D eigenvalue weighted by atomic mass is 127. The number of halogens is 1. The molecule has 1 aliphatic heterocycles. The standard InChI is InChI=1S/C17H32N6S.HI/c1-5-15-20-17(24-21-15)23-12-10-22(11-13-23)16(18-4)19-9-7-6-8-14(2)3;/h14H,5-13H2,1-4H3,(H,18,19);1H. The molecule has 2 heterocycles. The van der Waals surface area contributed by atoms with E-state index < -0.39 is 0 Å². The van der Waals surface area contributed by atoms with Crippen molar-refractivity contribution in [2.45, 2.75) is 46.5 Å². The molecule has 1 aliphatic rings. The molecule has 0 spiro atoms. The van der Waals surface area contributed by atoms with Gasteiger partial charge in [-0.2, -0.15) is 4.37 Å². The number of hydrogen-bond acceptors (Lipinski definition) is 5. The first kappa shape index (κ1) is 22.4. The molecule has 0 aromatic carbocycles. The maximum atomic E-state index is 4.60. The minimum atomic E-state index is 0. The summed E-state index contributed by atoms with van der Waals surface area (Å²) in [7, 11) is 1.88. The molecule has 144 valence electrons. The van der Waals surface area contributed by atoms with Crippen molar-refractivity contribution in [3.05, 3.63) is 5.82 Å². The lowest BCUT2D eigenvalue weighted by molar-refractivity contribution is 0.371. The van der Waals surface area contributed by atoms with E-state index in [1.165, 1.54) is 30.8 Å². The lowest BCUT2D eigenvalue weighted by Crippen LogP contribution is -2.52. The highest BCUT2D eigenvalue weighted by Gasteiger charge is 2.21. The number of nitrogens with zero attached hydrogens (tertiary/aromatic N) is 5. The summed E-state index contributed by atoms with van der Waals surface area (Å²) in [5, 5.41) is 4.57. The molecule has 1 saturated heterocycles. The van der Waals surface area contributed by atoms with Gasteiger partial charge in [0.25, 0.3) is 0 Å². The minimum Gasteiger partial charge on any atom is -0.356 e. The molecule has 8 heteroatoms. The van der Waals surface area contributed by atoms with E-state index >= 15 is 0 Å². The van der Waals surface area contributed by atoms with Gasteiger partial charge in [0, 0.05) is 57.7 Å². The molecule has 25 heavy (non-hydrogen) atoms. The summed E-state index contributed by atoms with van der Waals surface area (Å²) >= 11 is 1.52. The number of aliphatic imine (C=N–C) groups is 1. The first-order valence-electron chi connectivity index (χ1n) is 9.17. The molecule has 0 aliphatic carbocycles. The molecule has 0 atom stereocenters. The summed E-state index contributed by atoms with van der Waals surface area (Å²) in [5.41, 5.74) is 0. The van der Waals surface area contributed by atoms with E-state index in [0.29, 0.717) is 0 Å². The fourth-order valence-electron chi connectivity index (χ4n) is 2.84. The van der Waals surface area contributed by atoms with E-state index in [4.69, 9.17) is 0 Å². The van der Waals surface area contributed by atoms with E-state index in [0.717, 1.165) is 62.0 Å². The predicted octanol–water partition coefficient (Wildman–Crippen LogP) is 3.24. The maximum Gasteiger partial charge on any atom is 0.205 e. The molecule has 1 aromatic heterocycles. The van der Waals surface area contributed by atoms with E-state index in [1.54, 1.807) is 0 Å². The number of hydrogen-bond donors (Lipinski definition) is 1. The minimum absolute atomic E-state index is 0. The number of aromatic nitrogens is 2. The van der Waals surface area contributed by atoms with Crippen molar-refractivity contribution in [2.75, 3.05) is 44.7 Å². The van der Waals surface area contributed by atoms with Gasteiger partial charge in [-0.3, -0.25) is 4.99 Å². The Labute approximate surface area is 173 Å². The van der Waals surface area contributed by atoms with Crippen LogP contribution in [0.1, 0.15) is 45.9 Å². The zero-order valence-corrected chi connectivity index (χ0v) is 19.1. The van der Waals surface area contributed by atoms with Crippen LogP contribution in [0.2, 0.25) is 0 Å². The zero-order valence-electron chi connectivity index (χ0n) is 16.0. The average molecular weight is 480 g/mol. The van der Waals surface area contributed by atoms with Crippen LogP contribution in [0.5, 0.6) is 0 Å². The van der Waals surface area contributed by atoms with Gasteiger partial charge in [0.15, 0.2) is 5.96 Å². The molecule has 2 rings (SSSR count). The van der Waals surface area contributed by atoms with Gasteiger partial charge in [-0.1, -0.05) is 33.6 Å². The Bertz CT molecular complexity index is 511. The fourth-order valence-corrected chi connectivity index (χ4v) is 3.64. The number of rotatable bonds is 7. The molecule has 0 saturated carbocycles. The Hall–Kier alpha value is -0.640. The molecule has 1 N–H and O–H groups in total. The van der Waals surface area contributed by atoms with Crippen molar-refractivity contribution in [3.63, 3.8) is 0 Å². The third-order valence-electron chi connectivity index (χ3n) is 4.33. The molecule has 1 fully saturated rings. The molecular weight excluding hydrogens is 447 g/mol. The highest BCUT2D eigenvalue weighted by molar-refractivity contribution is 14.0. The van der Waals surface area contributed by atoms with Gasteiger partial charge in [0.05, 0.1) is 0 Å². The van der Waals surface area contributed by atoms with Crippen LogP contribution in [-0.2, 0) is 6.42 Å².